The van der Waals surface area contributed by atoms with E-state index in [1.807, 2.05) is 29.3 Å². The molecule has 20 heavy (non-hydrogen) atoms. The van der Waals surface area contributed by atoms with E-state index in [0.29, 0.717) is 12.0 Å². The predicted molar refractivity (Wildman–Crippen MR) is 84.2 cm³/mol. The molecule has 2 heterocycles. The van der Waals surface area contributed by atoms with Crippen molar-refractivity contribution >= 4 is 11.3 Å². The first-order chi connectivity index (χ1) is 9.79. The van der Waals surface area contributed by atoms with E-state index >= 15 is 0 Å². The topological polar surface area (TPSA) is 29.9 Å². The Hall–Kier alpha value is -1.13. The molecule has 0 spiro atoms. The van der Waals surface area contributed by atoms with E-state index in [9.17, 15) is 0 Å². The summed E-state index contributed by atoms with van der Waals surface area (Å²) in [5.74, 6) is 0.575. The van der Waals surface area contributed by atoms with Crippen LogP contribution in [0.25, 0.3) is 0 Å². The van der Waals surface area contributed by atoms with E-state index < -0.39 is 0 Å². The fraction of sp³-hybridized carbons (Fsp3) is 0.562. The second-order valence-corrected chi connectivity index (χ2v) is 6.64. The normalized spacial score (nSPS) is 19.8. The maximum atomic E-state index is 4.65. The summed E-state index contributed by atoms with van der Waals surface area (Å²) in [6, 6.07) is 4.84. The van der Waals surface area contributed by atoms with Crippen molar-refractivity contribution < 1.29 is 0 Å². The molecule has 0 aromatic carbocycles. The summed E-state index contributed by atoms with van der Waals surface area (Å²) >= 11 is 1.92. The smallest absolute Gasteiger partial charge is 0.0800 e. The highest BCUT2D eigenvalue weighted by atomic mass is 32.1. The number of nitrogens with zero attached hydrogens (tertiary/aromatic N) is 2. The van der Waals surface area contributed by atoms with Crippen LogP contribution in [0, 0.1) is 0 Å². The minimum Gasteiger partial charge on any atom is -0.308 e. The number of fused-ring (bicyclic) bond motifs is 1. The molecular weight excluding hydrogens is 266 g/mol. The van der Waals surface area contributed by atoms with Gasteiger partial charge in [-0.3, -0.25) is 4.68 Å². The highest BCUT2D eigenvalue weighted by molar-refractivity contribution is 7.10. The fourth-order valence-electron chi connectivity index (χ4n) is 3.22. The van der Waals surface area contributed by atoms with Gasteiger partial charge in [-0.1, -0.05) is 6.92 Å². The number of aromatic nitrogens is 2. The summed E-state index contributed by atoms with van der Waals surface area (Å²) in [4.78, 5) is 1.58. The van der Waals surface area contributed by atoms with E-state index in [1.165, 1.54) is 25.0 Å². The van der Waals surface area contributed by atoms with Gasteiger partial charge in [0.15, 0.2) is 0 Å². The van der Waals surface area contributed by atoms with Crippen LogP contribution in [-0.2, 0) is 13.5 Å². The van der Waals surface area contributed by atoms with Crippen LogP contribution in [0.4, 0.5) is 0 Å². The third kappa shape index (κ3) is 2.67. The number of rotatable bonds is 5. The number of aryl methyl sites for hydroxylation is 2. The zero-order chi connectivity index (χ0) is 13.9. The van der Waals surface area contributed by atoms with Crippen molar-refractivity contribution in [2.75, 3.05) is 6.54 Å². The summed E-state index contributed by atoms with van der Waals surface area (Å²) < 4.78 is 1.91. The molecule has 0 fully saturated rings. The molecule has 2 aromatic rings. The van der Waals surface area contributed by atoms with E-state index in [-0.39, 0.29) is 0 Å². The minimum absolute atomic E-state index is 0.352. The van der Waals surface area contributed by atoms with Crippen molar-refractivity contribution in [3.63, 3.8) is 0 Å². The molecule has 0 radical (unpaired) electrons. The van der Waals surface area contributed by atoms with Crippen LogP contribution in [0.15, 0.2) is 23.7 Å². The average molecular weight is 289 g/mol. The third-order valence-electron chi connectivity index (χ3n) is 4.17. The Balaban J connectivity index is 1.90. The van der Waals surface area contributed by atoms with Gasteiger partial charge in [0.2, 0.25) is 0 Å². The summed E-state index contributed by atoms with van der Waals surface area (Å²) in [6.45, 7) is 3.27. The molecule has 0 amide bonds. The molecule has 3 nitrogen and oxygen atoms in total. The predicted octanol–water partition coefficient (Wildman–Crippen LogP) is 3.64. The van der Waals surface area contributed by atoms with Crippen molar-refractivity contribution in [2.45, 2.75) is 44.6 Å². The SMILES string of the molecule is CCCNC(c1ccn(C)n1)C1CCCc2sccc21. The lowest BCUT2D eigenvalue weighted by molar-refractivity contribution is 0.395. The number of hydrogen-bond donors (Lipinski definition) is 1. The molecule has 2 unspecified atom stereocenters. The van der Waals surface area contributed by atoms with Crippen LogP contribution in [0.1, 0.15) is 54.3 Å². The number of nitrogens with one attached hydrogen (secondary N) is 1. The van der Waals surface area contributed by atoms with Gasteiger partial charge in [-0.15, -0.1) is 11.3 Å². The summed E-state index contributed by atoms with van der Waals surface area (Å²) in [5, 5.41) is 10.6. The first kappa shape index (κ1) is 13.8. The maximum absolute atomic E-state index is 4.65. The Bertz CT molecular complexity index is 558. The molecule has 1 aliphatic carbocycles. The van der Waals surface area contributed by atoms with Gasteiger partial charge in [0, 0.05) is 24.0 Å². The fourth-order valence-corrected chi connectivity index (χ4v) is 4.22. The van der Waals surface area contributed by atoms with Gasteiger partial charge in [0.1, 0.15) is 0 Å². The second-order valence-electron chi connectivity index (χ2n) is 5.64. The van der Waals surface area contributed by atoms with Crippen LogP contribution >= 0.6 is 11.3 Å². The molecule has 1 aliphatic rings. The lowest BCUT2D eigenvalue weighted by atomic mass is 9.81. The summed E-state index contributed by atoms with van der Waals surface area (Å²) in [5.41, 5.74) is 2.74. The van der Waals surface area contributed by atoms with E-state index in [4.69, 9.17) is 0 Å². The van der Waals surface area contributed by atoms with Gasteiger partial charge in [-0.2, -0.15) is 5.10 Å². The standard InChI is InChI=1S/C16H23N3S/c1-3-9-17-16(14-7-10-19(2)18-14)13-5-4-6-15-12(13)8-11-20-15/h7-8,10-11,13,16-17H,3-6,9H2,1-2H3. The van der Waals surface area contributed by atoms with E-state index in [1.54, 1.807) is 10.4 Å². The summed E-state index contributed by atoms with van der Waals surface area (Å²) in [7, 11) is 2.00. The first-order valence-corrected chi connectivity index (χ1v) is 8.46. The van der Waals surface area contributed by atoms with Crippen LogP contribution in [-0.4, -0.2) is 16.3 Å². The Kier molecular flexibility index (Phi) is 4.22. The van der Waals surface area contributed by atoms with Crippen LogP contribution in [0.2, 0.25) is 0 Å². The van der Waals surface area contributed by atoms with Gasteiger partial charge in [0.25, 0.3) is 0 Å². The molecule has 2 atom stereocenters. The highest BCUT2D eigenvalue weighted by Crippen LogP contribution is 2.41. The third-order valence-corrected chi connectivity index (χ3v) is 5.16. The lowest BCUT2D eigenvalue weighted by Crippen LogP contribution is -2.30. The Morgan fingerprint density at radius 2 is 2.40 bits per heavy atom. The van der Waals surface area contributed by atoms with Gasteiger partial charge in [-0.25, -0.2) is 0 Å². The molecule has 0 aliphatic heterocycles. The van der Waals surface area contributed by atoms with Gasteiger partial charge in [-0.05, 0) is 55.3 Å². The van der Waals surface area contributed by atoms with Crippen molar-refractivity contribution in [2.24, 2.45) is 7.05 Å². The quantitative estimate of drug-likeness (QED) is 0.910. The number of thiophene rings is 1. The average Bonchev–Trinajstić information content (AvgIpc) is 3.08. The molecular formula is C16H23N3S. The Morgan fingerprint density at radius 3 is 3.15 bits per heavy atom. The molecule has 4 heteroatoms. The largest absolute Gasteiger partial charge is 0.308 e. The van der Waals surface area contributed by atoms with Crippen molar-refractivity contribution in [3.05, 3.63) is 39.8 Å². The molecule has 2 aromatic heterocycles. The van der Waals surface area contributed by atoms with E-state index in [0.717, 1.165) is 13.0 Å². The highest BCUT2D eigenvalue weighted by Gasteiger charge is 2.30. The van der Waals surface area contributed by atoms with Crippen LogP contribution in [0.3, 0.4) is 0 Å². The number of hydrogen-bond acceptors (Lipinski definition) is 3. The Morgan fingerprint density at radius 1 is 1.50 bits per heavy atom. The minimum atomic E-state index is 0.352. The lowest BCUT2D eigenvalue weighted by Gasteiger charge is -2.30. The molecule has 0 saturated heterocycles. The van der Waals surface area contributed by atoms with Gasteiger partial charge < -0.3 is 5.32 Å². The van der Waals surface area contributed by atoms with E-state index in [2.05, 4.69) is 34.9 Å². The maximum Gasteiger partial charge on any atom is 0.0800 e. The van der Waals surface area contributed by atoms with Crippen LogP contribution in [0.5, 0.6) is 0 Å². The molecule has 0 bridgehead atoms. The Labute approximate surface area is 125 Å². The molecule has 0 saturated carbocycles. The van der Waals surface area contributed by atoms with Gasteiger partial charge in [0.05, 0.1) is 11.7 Å². The first-order valence-electron chi connectivity index (χ1n) is 7.58. The van der Waals surface area contributed by atoms with Crippen molar-refractivity contribution in [3.8, 4) is 0 Å². The molecule has 3 rings (SSSR count). The zero-order valence-electron chi connectivity index (χ0n) is 12.3. The van der Waals surface area contributed by atoms with Crippen molar-refractivity contribution in [1.82, 2.24) is 15.1 Å². The zero-order valence-corrected chi connectivity index (χ0v) is 13.1. The van der Waals surface area contributed by atoms with Gasteiger partial charge >= 0.3 is 0 Å². The van der Waals surface area contributed by atoms with Crippen molar-refractivity contribution in [1.29, 1.82) is 0 Å². The summed E-state index contributed by atoms with van der Waals surface area (Å²) in [6.07, 6.45) is 7.03. The molecule has 1 N–H and O–H groups in total. The monoisotopic (exact) mass is 289 g/mol. The molecule has 108 valence electrons. The van der Waals surface area contributed by atoms with Crippen LogP contribution < -0.4 is 5.32 Å². The second kappa shape index (κ2) is 6.10.